The Labute approximate surface area is 106 Å². The molecule has 18 heavy (non-hydrogen) atoms. The molecule has 1 aromatic rings. The van der Waals surface area contributed by atoms with Crippen molar-refractivity contribution in [2.45, 2.75) is 50.6 Å². The van der Waals surface area contributed by atoms with Crippen LogP contribution < -0.4 is 10.6 Å². The van der Waals surface area contributed by atoms with Crippen molar-refractivity contribution in [3.63, 3.8) is 0 Å². The van der Waals surface area contributed by atoms with E-state index >= 15 is 0 Å². The first-order valence-electron chi connectivity index (χ1n) is 6.42. The Morgan fingerprint density at radius 1 is 1.39 bits per heavy atom. The fourth-order valence-electron chi connectivity index (χ4n) is 2.55. The Balaban J connectivity index is 1.81. The average molecular weight is 252 g/mol. The highest BCUT2D eigenvalue weighted by atomic mass is 16.1. The lowest BCUT2D eigenvalue weighted by atomic mass is 9.79. The van der Waals surface area contributed by atoms with Crippen molar-refractivity contribution in [1.29, 1.82) is 0 Å². The van der Waals surface area contributed by atoms with Crippen LogP contribution in [0.2, 0.25) is 0 Å². The number of rotatable bonds is 5. The van der Waals surface area contributed by atoms with Crippen molar-refractivity contribution in [3.8, 4) is 0 Å². The molecule has 1 heterocycles. The normalized spacial score (nSPS) is 18.5. The fourth-order valence-corrected chi connectivity index (χ4v) is 2.55. The van der Waals surface area contributed by atoms with Crippen LogP contribution in [-0.4, -0.2) is 39.1 Å². The van der Waals surface area contributed by atoms with Crippen molar-refractivity contribution < 1.29 is 4.79 Å². The number of hydrogen-bond acceptors (Lipinski definition) is 5. The molecular formula is C11H20N6O. The lowest BCUT2D eigenvalue weighted by molar-refractivity contribution is -0.123. The molecule has 0 bridgehead atoms. The van der Waals surface area contributed by atoms with Gasteiger partial charge in [0.25, 0.3) is 0 Å². The Morgan fingerprint density at radius 3 is 2.78 bits per heavy atom. The lowest BCUT2D eigenvalue weighted by Gasteiger charge is -2.36. The molecule has 0 aliphatic heterocycles. The van der Waals surface area contributed by atoms with Gasteiger partial charge in [-0.1, -0.05) is 24.5 Å². The van der Waals surface area contributed by atoms with Gasteiger partial charge >= 0.3 is 0 Å². The van der Waals surface area contributed by atoms with Gasteiger partial charge in [-0.3, -0.25) is 4.79 Å². The van der Waals surface area contributed by atoms with Crippen LogP contribution in [0.25, 0.3) is 0 Å². The number of hydrogen-bond donors (Lipinski definition) is 3. The minimum Gasteiger partial charge on any atom is -0.349 e. The van der Waals surface area contributed by atoms with Gasteiger partial charge in [0.2, 0.25) is 5.91 Å². The molecule has 0 radical (unpaired) electrons. The summed E-state index contributed by atoms with van der Waals surface area (Å²) in [7, 11) is 1.94. The third kappa shape index (κ3) is 3.25. The predicted octanol–water partition coefficient (Wildman–Crippen LogP) is 0.128. The number of carbonyl (C=O) groups excluding carboxylic acids is 1. The van der Waals surface area contributed by atoms with E-state index in [1.54, 1.807) is 0 Å². The summed E-state index contributed by atoms with van der Waals surface area (Å²) in [5, 5.41) is 19.6. The zero-order chi connectivity index (χ0) is 12.8. The molecule has 0 atom stereocenters. The molecule has 0 aromatic carbocycles. The first-order chi connectivity index (χ1) is 8.74. The van der Waals surface area contributed by atoms with Crippen LogP contribution in [-0.2, 0) is 11.3 Å². The molecule has 3 N–H and O–H groups in total. The van der Waals surface area contributed by atoms with Crippen LogP contribution in [0.4, 0.5) is 0 Å². The van der Waals surface area contributed by atoms with Gasteiger partial charge in [-0.25, -0.2) is 0 Å². The number of aromatic amines is 1. The second-order valence-electron chi connectivity index (χ2n) is 4.87. The average Bonchev–Trinajstić information content (AvgIpc) is 2.91. The summed E-state index contributed by atoms with van der Waals surface area (Å²) in [5.74, 6) is 0.543. The van der Waals surface area contributed by atoms with Crippen molar-refractivity contribution in [2.24, 2.45) is 0 Å². The van der Waals surface area contributed by atoms with Crippen LogP contribution in [0.1, 0.15) is 44.3 Å². The second kappa shape index (κ2) is 5.90. The van der Waals surface area contributed by atoms with E-state index in [2.05, 4.69) is 31.3 Å². The van der Waals surface area contributed by atoms with Gasteiger partial charge < -0.3 is 10.6 Å². The zero-order valence-electron chi connectivity index (χ0n) is 10.7. The molecule has 1 aromatic heterocycles. The number of carbonyl (C=O) groups is 1. The maximum Gasteiger partial charge on any atom is 0.222 e. The van der Waals surface area contributed by atoms with E-state index in [1.807, 2.05) is 7.05 Å². The fraction of sp³-hybridized carbons (Fsp3) is 0.818. The quantitative estimate of drug-likeness (QED) is 0.692. The first kappa shape index (κ1) is 12.9. The van der Waals surface area contributed by atoms with E-state index in [0.29, 0.717) is 18.8 Å². The number of amides is 1. The Morgan fingerprint density at radius 2 is 2.17 bits per heavy atom. The van der Waals surface area contributed by atoms with E-state index in [1.165, 1.54) is 19.3 Å². The molecule has 1 amide bonds. The molecule has 0 unspecified atom stereocenters. The summed E-state index contributed by atoms with van der Waals surface area (Å²) in [6, 6.07) is 0. The number of aromatic nitrogens is 4. The summed E-state index contributed by atoms with van der Waals surface area (Å²) in [6.45, 7) is 0.328. The topological polar surface area (TPSA) is 95.6 Å². The highest BCUT2D eigenvalue weighted by Gasteiger charge is 2.32. The monoisotopic (exact) mass is 252 g/mol. The van der Waals surface area contributed by atoms with Crippen LogP contribution in [0.15, 0.2) is 0 Å². The smallest absolute Gasteiger partial charge is 0.222 e. The van der Waals surface area contributed by atoms with Crippen LogP contribution in [0.5, 0.6) is 0 Å². The molecule has 7 heteroatoms. The van der Waals surface area contributed by atoms with E-state index in [0.717, 1.165) is 12.8 Å². The highest BCUT2D eigenvalue weighted by molar-refractivity contribution is 5.77. The molecule has 1 fully saturated rings. The van der Waals surface area contributed by atoms with Gasteiger partial charge in [-0.2, -0.15) is 5.21 Å². The standard InChI is InChI=1S/C11H20N6O/c1-12-11(5-3-2-4-6-11)7-10(18)13-8-9-14-16-17-15-9/h12H,2-8H2,1H3,(H,13,18)(H,14,15,16,17). The van der Waals surface area contributed by atoms with E-state index < -0.39 is 0 Å². The molecular weight excluding hydrogens is 232 g/mol. The number of H-pyrrole nitrogens is 1. The zero-order valence-corrected chi connectivity index (χ0v) is 10.7. The van der Waals surface area contributed by atoms with E-state index in [-0.39, 0.29) is 11.4 Å². The third-order valence-electron chi connectivity index (χ3n) is 3.67. The van der Waals surface area contributed by atoms with E-state index in [4.69, 9.17) is 0 Å². The van der Waals surface area contributed by atoms with Gasteiger partial charge in [0, 0.05) is 12.0 Å². The van der Waals surface area contributed by atoms with Crippen molar-refractivity contribution in [1.82, 2.24) is 31.3 Å². The SMILES string of the molecule is CNC1(CC(=O)NCc2nn[nH]n2)CCCCC1. The summed E-state index contributed by atoms with van der Waals surface area (Å²) in [5.41, 5.74) is -0.0282. The highest BCUT2D eigenvalue weighted by Crippen LogP contribution is 2.30. The van der Waals surface area contributed by atoms with Crippen LogP contribution in [0, 0.1) is 0 Å². The maximum absolute atomic E-state index is 11.9. The third-order valence-corrected chi connectivity index (χ3v) is 3.67. The van der Waals surface area contributed by atoms with Gasteiger partial charge in [0.15, 0.2) is 5.82 Å². The number of tetrazole rings is 1. The van der Waals surface area contributed by atoms with Crippen LogP contribution >= 0.6 is 0 Å². The molecule has 1 aliphatic carbocycles. The summed E-state index contributed by atoms with van der Waals surface area (Å²) < 4.78 is 0. The van der Waals surface area contributed by atoms with Crippen molar-refractivity contribution in [3.05, 3.63) is 5.82 Å². The lowest BCUT2D eigenvalue weighted by Crippen LogP contribution is -2.48. The summed E-state index contributed by atoms with van der Waals surface area (Å²) in [4.78, 5) is 11.9. The first-order valence-corrected chi connectivity index (χ1v) is 6.42. The van der Waals surface area contributed by atoms with Gasteiger partial charge in [-0.15, -0.1) is 10.2 Å². The molecule has 7 nitrogen and oxygen atoms in total. The molecule has 100 valence electrons. The number of nitrogens with zero attached hydrogens (tertiary/aromatic N) is 3. The minimum absolute atomic E-state index is 0.0282. The number of nitrogens with one attached hydrogen (secondary N) is 3. The molecule has 1 aliphatic rings. The molecule has 1 saturated carbocycles. The van der Waals surface area contributed by atoms with Gasteiger partial charge in [-0.05, 0) is 19.9 Å². The molecule has 0 saturated heterocycles. The molecule has 0 spiro atoms. The predicted molar refractivity (Wildman–Crippen MR) is 65.5 cm³/mol. The largest absolute Gasteiger partial charge is 0.349 e. The van der Waals surface area contributed by atoms with Crippen molar-refractivity contribution >= 4 is 5.91 Å². The van der Waals surface area contributed by atoms with E-state index in [9.17, 15) is 4.79 Å². The maximum atomic E-state index is 11.9. The van der Waals surface area contributed by atoms with Gasteiger partial charge in [0.1, 0.15) is 0 Å². The Bertz CT molecular complexity index is 371. The molecule has 2 rings (SSSR count). The van der Waals surface area contributed by atoms with Crippen molar-refractivity contribution in [2.75, 3.05) is 7.05 Å². The summed E-state index contributed by atoms with van der Waals surface area (Å²) in [6.07, 6.45) is 6.31. The Kier molecular flexibility index (Phi) is 4.24. The van der Waals surface area contributed by atoms with Gasteiger partial charge in [0.05, 0.1) is 6.54 Å². The van der Waals surface area contributed by atoms with Crippen LogP contribution in [0.3, 0.4) is 0 Å². The summed E-state index contributed by atoms with van der Waals surface area (Å²) >= 11 is 0. The Hall–Kier alpha value is -1.50. The minimum atomic E-state index is -0.0282. The second-order valence-corrected chi connectivity index (χ2v) is 4.87.